The zero-order valence-electron chi connectivity index (χ0n) is 11.7. The average Bonchev–Trinajstić information content (AvgIpc) is 2.88. The highest BCUT2D eigenvalue weighted by molar-refractivity contribution is 5.14. The molecule has 104 valence electrons. The van der Waals surface area contributed by atoms with E-state index in [9.17, 15) is 0 Å². The van der Waals surface area contributed by atoms with Crippen molar-refractivity contribution >= 4 is 0 Å². The molecule has 2 fully saturated rings. The van der Waals surface area contributed by atoms with E-state index in [0.29, 0.717) is 0 Å². The van der Waals surface area contributed by atoms with Crippen molar-refractivity contribution in [3.63, 3.8) is 0 Å². The Bertz CT molecular complexity index is 373. The van der Waals surface area contributed by atoms with E-state index in [2.05, 4.69) is 45.4 Å². The molecule has 0 amide bonds. The fraction of sp³-hybridized carbons (Fsp3) is 0.625. The van der Waals surface area contributed by atoms with Crippen LogP contribution in [0.5, 0.6) is 0 Å². The van der Waals surface area contributed by atoms with E-state index >= 15 is 0 Å². The molecule has 1 unspecified atom stereocenters. The standard InChI is InChI=1S/C16H25N3/c1-2-4-15(5-3-1)12-19-9-6-16(14-19)13-18-10-7-17-8-11-18/h1-5,16-17H,6-14H2. The van der Waals surface area contributed by atoms with E-state index in [1.165, 1.54) is 57.8 Å². The van der Waals surface area contributed by atoms with Crippen LogP contribution in [0.25, 0.3) is 0 Å². The fourth-order valence-corrected chi connectivity index (χ4v) is 3.31. The van der Waals surface area contributed by atoms with Crippen LogP contribution in [0, 0.1) is 5.92 Å². The van der Waals surface area contributed by atoms with E-state index in [0.717, 1.165) is 12.5 Å². The highest BCUT2D eigenvalue weighted by atomic mass is 15.2. The van der Waals surface area contributed by atoms with Crippen molar-refractivity contribution in [1.29, 1.82) is 0 Å². The number of piperazine rings is 1. The summed E-state index contributed by atoms with van der Waals surface area (Å²) >= 11 is 0. The van der Waals surface area contributed by atoms with Gasteiger partial charge in [-0.3, -0.25) is 4.90 Å². The van der Waals surface area contributed by atoms with Gasteiger partial charge in [0, 0.05) is 45.8 Å². The second-order valence-electron chi connectivity index (χ2n) is 5.93. The molecule has 0 spiro atoms. The van der Waals surface area contributed by atoms with Crippen LogP contribution in [0.1, 0.15) is 12.0 Å². The van der Waals surface area contributed by atoms with Crippen molar-refractivity contribution < 1.29 is 0 Å². The van der Waals surface area contributed by atoms with Crippen LogP contribution in [0.4, 0.5) is 0 Å². The van der Waals surface area contributed by atoms with Gasteiger partial charge >= 0.3 is 0 Å². The molecule has 0 aliphatic carbocycles. The molecule has 1 aromatic carbocycles. The van der Waals surface area contributed by atoms with Gasteiger partial charge < -0.3 is 10.2 Å². The second-order valence-corrected chi connectivity index (χ2v) is 5.93. The Morgan fingerprint density at radius 1 is 1.00 bits per heavy atom. The first-order valence-electron chi connectivity index (χ1n) is 7.59. The van der Waals surface area contributed by atoms with Crippen LogP contribution in [-0.2, 0) is 6.54 Å². The van der Waals surface area contributed by atoms with Crippen LogP contribution in [0.3, 0.4) is 0 Å². The quantitative estimate of drug-likeness (QED) is 0.882. The van der Waals surface area contributed by atoms with E-state index in [4.69, 9.17) is 0 Å². The van der Waals surface area contributed by atoms with Gasteiger partial charge in [0.1, 0.15) is 0 Å². The summed E-state index contributed by atoms with van der Waals surface area (Å²) in [6, 6.07) is 10.9. The van der Waals surface area contributed by atoms with Gasteiger partial charge in [-0.1, -0.05) is 30.3 Å². The molecule has 1 aromatic rings. The molecular formula is C16H25N3. The zero-order chi connectivity index (χ0) is 12.9. The Morgan fingerprint density at radius 3 is 2.58 bits per heavy atom. The minimum atomic E-state index is 0.877. The van der Waals surface area contributed by atoms with E-state index in [-0.39, 0.29) is 0 Å². The molecule has 3 nitrogen and oxygen atoms in total. The predicted molar refractivity (Wildman–Crippen MR) is 79.1 cm³/mol. The van der Waals surface area contributed by atoms with Gasteiger partial charge in [0.05, 0.1) is 0 Å². The molecule has 2 saturated heterocycles. The van der Waals surface area contributed by atoms with Gasteiger partial charge in [-0.25, -0.2) is 0 Å². The van der Waals surface area contributed by atoms with Crippen molar-refractivity contribution in [2.75, 3.05) is 45.8 Å². The summed E-state index contributed by atoms with van der Waals surface area (Å²) in [5, 5.41) is 3.43. The first-order chi connectivity index (χ1) is 9.40. The van der Waals surface area contributed by atoms with Crippen LogP contribution >= 0.6 is 0 Å². The third kappa shape index (κ3) is 3.78. The molecule has 1 atom stereocenters. The number of rotatable bonds is 4. The Labute approximate surface area is 116 Å². The molecule has 19 heavy (non-hydrogen) atoms. The zero-order valence-corrected chi connectivity index (χ0v) is 11.7. The second kappa shape index (κ2) is 6.51. The molecule has 3 heteroatoms. The van der Waals surface area contributed by atoms with E-state index in [1.54, 1.807) is 0 Å². The smallest absolute Gasteiger partial charge is 0.0233 e. The highest BCUT2D eigenvalue weighted by Crippen LogP contribution is 2.19. The summed E-state index contributed by atoms with van der Waals surface area (Å²) in [5.41, 5.74) is 1.45. The average molecular weight is 259 g/mol. The fourth-order valence-electron chi connectivity index (χ4n) is 3.31. The van der Waals surface area contributed by atoms with Crippen molar-refractivity contribution in [3.8, 4) is 0 Å². The van der Waals surface area contributed by atoms with Crippen LogP contribution in [-0.4, -0.2) is 55.6 Å². The van der Waals surface area contributed by atoms with Gasteiger partial charge in [-0.2, -0.15) is 0 Å². The van der Waals surface area contributed by atoms with Crippen LogP contribution in [0.15, 0.2) is 30.3 Å². The van der Waals surface area contributed by atoms with E-state index < -0.39 is 0 Å². The van der Waals surface area contributed by atoms with Crippen molar-refractivity contribution in [2.45, 2.75) is 13.0 Å². The lowest BCUT2D eigenvalue weighted by Crippen LogP contribution is -2.45. The minimum absolute atomic E-state index is 0.877. The number of nitrogens with zero attached hydrogens (tertiary/aromatic N) is 2. The first-order valence-corrected chi connectivity index (χ1v) is 7.59. The number of hydrogen-bond donors (Lipinski definition) is 1. The number of benzene rings is 1. The minimum Gasteiger partial charge on any atom is -0.314 e. The number of likely N-dealkylation sites (tertiary alicyclic amines) is 1. The summed E-state index contributed by atoms with van der Waals surface area (Å²) in [4.78, 5) is 5.25. The van der Waals surface area contributed by atoms with Crippen LogP contribution < -0.4 is 5.32 Å². The van der Waals surface area contributed by atoms with Gasteiger partial charge in [0.25, 0.3) is 0 Å². The molecule has 3 rings (SSSR count). The lowest BCUT2D eigenvalue weighted by atomic mass is 10.1. The summed E-state index contributed by atoms with van der Waals surface area (Å²) in [6.45, 7) is 9.77. The summed E-state index contributed by atoms with van der Waals surface area (Å²) in [6.07, 6.45) is 1.37. The van der Waals surface area contributed by atoms with Crippen molar-refractivity contribution in [2.24, 2.45) is 5.92 Å². The largest absolute Gasteiger partial charge is 0.314 e. The van der Waals surface area contributed by atoms with Gasteiger partial charge in [0.15, 0.2) is 0 Å². The number of nitrogens with one attached hydrogen (secondary N) is 1. The van der Waals surface area contributed by atoms with E-state index in [1.807, 2.05) is 0 Å². The van der Waals surface area contributed by atoms with Crippen molar-refractivity contribution in [1.82, 2.24) is 15.1 Å². The molecular weight excluding hydrogens is 234 g/mol. The molecule has 0 aromatic heterocycles. The Hall–Kier alpha value is -0.900. The molecule has 0 saturated carbocycles. The Morgan fingerprint density at radius 2 is 1.79 bits per heavy atom. The SMILES string of the molecule is c1ccc(CN2CCC(CN3CCNCC3)C2)cc1. The van der Waals surface area contributed by atoms with Crippen molar-refractivity contribution in [3.05, 3.63) is 35.9 Å². The Balaban J connectivity index is 1.44. The summed E-state index contributed by atoms with van der Waals surface area (Å²) in [5.74, 6) is 0.877. The molecule has 1 N–H and O–H groups in total. The molecule has 2 heterocycles. The van der Waals surface area contributed by atoms with Gasteiger partial charge in [-0.05, 0) is 24.4 Å². The summed E-state index contributed by atoms with van der Waals surface area (Å²) in [7, 11) is 0. The topological polar surface area (TPSA) is 18.5 Å². The summed E-state index contributed by atoms with van der Waals surface area (Å²) < 4.78 is 0. The third-order valence-corrected chi connectivity index (χ3v) is 4.34. The molecule has 2 aliphatic heterocycles. The first kappa shape index (κ1) is 13.1. The maximum absolute atomic E-state index is 3.43. The maximum Gasteiger partial charge on any atom is 0.0233 e. The van der Waals surface area contributed by atoms with Gasteiger partial charge in [0.2, 0.25) is 0 Å². The Kier molecular flexibility index (Phi) is 4.49. The predicted octanol–water partition coefficient (Wildman–Crippen LogP) is 1.41. The van der Waals surface area contributed by atoms with Gasteiger partial charge in [-0.15, -0.1) is 0 Å². The number of hydrogen-bond acceptors (Lipinski definition) is 3. The molecule has 0 bridgehead atoms. The lowest BCUT2D eigenvalue weighted by Gasteiger charge is -2.29. The molecule has 2 aliphatic rings. The third-order valence-electron chi connectivity index (χ3n) is 4.34. The van der Waals surface area contributed by atoms with Crippen LogP contribution in [0.2, 0.25) is 0 Å². The normalized spacial score (nSPS) is 25.8. The highest BCUT2D eigenvalue weighted by Gasteiger charge is 2.24. The lowest BCUT2D eigenvalue weighted by molar-refractivity contribution is 0.202. The molecule has 0 radical (unpaired) electrons. The maximum atomic E-state index is 3.43. The monoisotopic (exact) mass is 259 g/mol.